The fourth-order valence-corrected chi connectivity index (χ4v) is 3.92. The number of carbonyl (C=O) groups excluding carboxylic acids is 1. The predicted molar refractivity (Wildman–Crippen MR) is 80.7 cm³/mol. The van der Waals surface area contributed by atoms with Crippen LogP contribution >= 0.6 is 11.3 Å². The smallest absolute Gasteiger partial charge is 0.252 e. The van der Waals surface area contributed by atoms with Gasteiger partial charge in [-0.25, -0.2) is 0 Å². The molecule has 1 saturated carbocycles. The van der Waals surface area contributed by atoms with Gasteiger partial charge in [0.2, 0.25) is 0 Å². The Balaban J connectivity index is 1.78. The summed E-state index contributed by atoms with van der Waals surface area (Å²) < 4.78 is 1.18. The van der Waals surface area contributed by atoms with Gasteiger partial charge >= 0.3 is 0 Å². The second-order valence-corrected chi connectivity index (χ2v) is 7.13. The molecule has 3 heteroatoms. The molecule has 1 aliphatic rings. The number of hydrogen-bond donors (Lipinski definition) is 1. The molecular weight excluding hydrogens is 254 g/mol. The lowest BCUT2D eigenvalue weighted by Crippen LogP contribution is -2.33. The van der Waals surface area contributed by atoms with E-state index in [1.54, 1.807) is 11.3 Å². The van der Waals surface area contributed by atoms with E-state index in [2.05, 4.69) is 25.2 Å². The average molecular weight is 273 g/mol. The van der Waals surface area contributed by atoms with Crippen molar-refractivity contribution in [2.45, 2.75) is 39.2 Å². The zero-order valence-electron chi connectivity index (χ0n) is 11.4. The van der Waals surface area contributed by atoms with Crippen molar-refractivity contribution in [2.24, 2.45) is 5.41 Å². The summed E-state index contributed by atoms with van der Waals surface area (Å²) in [7, 11) is 0. The van der Waals surface area contributed by atoms with Crippen LogP contribution in [0.4, 0.5) is 0 Å². The number of fused-ring (bicyclic) bond motifs is 1. The monoisotopic (exact) mass is 273 g/mol. The van der Waals surface area contributed by atoms with Gasteiger partial charge in [0.15, 0.2) is 0 Å². The van der Waals surface area contributed by atoms with Gasteiger partial charge < -0.3 is 5.32 Å². The van der Waals surface area contributed by atoms with Gasteiger partial charge in [-0.05, 0) is 30.7 Å². The Hall–Kier alpha value is -1.35. The van der Waals surface area contributed by atoms with Crippen LogP contribution in [0.15, 0.2) is 29.6 Å². The number of thiophene rings is 1. The number of amides is 1. The molecule has 0 spiro atoms. The summed E-state index contributed by atoms with van der Waals surface area (Å²) >= 11 is 1.64. The number of rotatable bonds is 2. The third kappa shape index (κ3) is 2.52. The highest BCUT2D eigenvalue weighted by molar-refractivity contribution is 7.17. The zero-order chi connectivity index (χ0) is 13.5. The van der Waals surface area contributed by atoms with Crippen LogP contribution in [0, 0.1) is 5.41 Å². The molecule has 1 aromatic carbocycles. The summed E-state index contributed by atoms with van der Waals surface area (Å²) in [5.74, 6) is 0.0835. The maximum atomic E-state index is 12.4. The number of benzene rings is 1. The Morgan fingerprint density at radius 3 is 2.89 bits per heavy atom. The zero-order valence-corrected chi connectivity index (χ0v) is 12.2. The highest BCUT2D eigenvalue weighted by atomic mass is 32.1. The van der Waals surface area contributed by atoms with Crippen molar-refractivity contribution in [1.29, 1.82) is 0 Å². The maximum absolute atomic E-state index is 12.4. The summed E-state index contributed by atoms with van der Waals surface area (Å²) in [6.45, 7) is 4.55. The molecule has 1 atom stereocenters. The molecule has 1 amide bonds. The molecule has 1 heterocycles. The van der Waals surface area contributed by atoms with E-state index in [-0.39, 0.29) is 5.91 Å². The fraction of sp³-hybridized carbons (Fsp3) is 0.438. The summed E-state index contributed by atoms with van der Waals surface area (Å²) in [6, 6.07) is 8.43. The van der Waals surface area contributed by atoms with Crippen LogP contribution in [0.3, 0.4) is 0 Å². The van der Waals surface area contributed by atoms with Crippen molar-refractivity contribution in [3.63, 3.8) is 0 Å². The molecule has 19 heavy (non-hydrogen) atoms. The summed E-state index contributed by atoms with van der Waals surface area (Å²) in [5.41, 5.74) is 1.19. The molecule has 1 aliphatic carbocycles. The van der Waals surface area contributed by atoms with E-state index in [0.717, 1.165) is 23.8 Å². The van der Waals surface area contributed by atoms with Gasteiger partial charge in [-0.3, -0.25) is 4.79 Å². The third-order valence-electron chi connectivity index (χ3n) is 4.03. The lowest BCUT2D eigenvalue weighted by molar-refractivity contribution is 0.0938. The Labute approximate surface area is 117 Å². The Morgan fingerprint density at radius 1 is 1.37 bits per heavy atom. The van der Waals surface area contributed by atoms with Gasteiger partial charge in [-0.15, -0.1) is 11.3 Å². The van der Waals surface area contributed by atoms with Crippen LogP contribution in [-0.4, -0.2) is 11.9 Å². The van der Waals surface area contributed by atoms with Crippen molar-refractivity contribution in [3.8, 4) is 0 Å². The van der Waals surface area contributed by atoms with Crippen LogP contribution in [0.1, 0.15) is 43.5 Å². The third-order valence-corrected chi connectivity index (χ3v) is 4.99. The normalized spacial score (nSPS) is 21.7. The van der Waals surface area contributed by atoms with Crippen molar-refractivity contribution in [1.82, 2.24) is 5.32 Å². The molecule has 1 unspecified atom stereocenters. The first-order valence-electron chi connectivity index (χ1n) is 6.82. The molecule has 1 fully saturated rings. The summed E-state index contributed by atoms with van der Waals surface area (Å²) in [6.07, 6.45) is 3.38. The van der Waals surface area contributed by atoms with Gasteiger partial charge in [0, 0.05) is 21.5 Å². The molecule has 0 radical (unpaired) electrons. The average Bonchev–Trinajstić information content (AvgIpc) is 2.92. The van der Waals surface area contributed by atoms with Crippen LogP contribution in [0.25, 0.3) is 10.1 Å². The summed E-state index contributed by atoms with van der Waals surface area (Å²) in [4.78, 5) is 12.4. The standard InChI is InChI=1S/C16H19NOS/c1-16(2)8-7-11(9-16)17-15(18)13-10-19-14-6-4-3-5-12(13)14/h3-6,10-11H,7-9H2,1-2H3,(H,17,18). The van der Waals surface area contributed by atoms with E-state index < -0.39 is 0 Å². The van der Waals surface area contributed by atoms with Crippen LogP contribution < -0.4 is 5.32 Å². The fourth-order valence-electron chi connectivity index (χ4n) is 2.98. The molecule has 100 valence electrons. The Morgan fingerprint density at radius 2 is 2.16 bits per heavy atom. The van der Waals surface area contributed by atoms with Gasteiger partial charge in [-0.2, -0.15) is 0 Å². The van der Waals surface area contributed by atoms with Crippen molar-refractivity contribution < 1.29 is 4.79 Å². The minimum atomic E-state index is 0.0835. The van der Waals surface area contributed by atoms with Crippen LogP contribution in [-0.2, 0) is 0 Å². The van der Waals surface area contributed by atoms with Gasteiger partial charge in [0.1, 0.15) is 0 Å². The van der Waals surface area contributed by atoms with E-state index in [0.29, 0.717) is 11.5 Å². The van der Waals surface area contributed by atoms with E-state index in [1.165, 1.54) is 11.1 Å². The highest BCUT2D eigenvalue weighted by Crippen LogP contribution is 2.37. The van der Waals surface area contributed by atoms with Crippen LogP contribution in [0.5, 0.6) is 0 Å². The maximum Gasteiger partial charge on any atom is 0.252 e. The number of carbonyl (C=O) groups is 1. The van der Waals surface area contributed by atoms with Crippen molar-refractivity contribution in [2.75, 3.05) is 0 Å². The van der Waals surface area contributed by atoms with E-state index >= 15 is 0 Å². The molecule has 2 nitrogen and oxygen atoms in total. The molecule has 0 bridgehead atoms. The first kappa shape index (κ1) is 12.7. The molecule has 2 aromatic rings. The minimum absolute atomic E-state index is 0.0835. The molecule has 3 rings (SSSR count). The minimum Gasteiger partial charge on any atom is -0.349 e. The predicted octanol–water partition coefficient (Wildman–Crippen LogP) is 4.21. The van der Waals surface area contributed by atoms with Gasteiger partial charge in [0.25, 0.3) is 5.91 Å². The molecule has 1 aromatic heterocycles. The second kappa shape index (κ2) is 4.64. The molecule has 0 aliphatic heterocycles. The number of hydrogen-bond acceptors (Lipinski definition) is 2. The highest BCUT2D eigenvalue weighted by Gasteiger charge is 2.32. The van der Waals surface area contributed by atoms with E-state index in [9.17, 15) is 4.79 Å². The topological polar surface area (TPSA) is 29.1 Å². The quantitative estimate of drug-likeness (QED) is 0.872. The lowest BCUT2D eigenvalue weighted by atomic mass is 9.92. The molecular formula is C16H19NOS. The Kier molecular flexibility index (Phi) is 3.09. The first-order valence-corrected chi connectivity index (χ1v) is 7.70. The second-order valence-electron chi connectivity index (χ2n) is 6.22. The largest absolute Gasteiger partial charge is 0.349 e. The van der Waals surface area contributed by atoms with Crippen LogP contribution in [0.2, 0.25) is 0 Å². The lowest BCUT2D eigenvalue weighted by Gasteiger charge is -2.17. The number of nitrogens with one attached hydrogen (secondary N) is 1. The first-order chi connectivity index (χ1) is 9.05. The van der Waals surface area contributed by atoms with Gasteiger partial charge in [-0.1, -0.05) is 32.0 Å². The van der Waals surface area contributed by atoms with Gasteiger partial charge in [0.05, 0.1) is 5.56 Å². The van der Waals surface area contributed by atoms with E-state index in [4.69, 9.17) is 0 Å². The van der Waals surface area contributed by atoms with Crippen molar-refractivity contribution >= 4 is 27.3 Å². The molecule has 1 N–H and O–H groups in total. The SMILES string of the molecule is CC1(C)CCC(NC(=O)c2csc3ccccc23)C1. The summed E-state index contributed by atoms with van der Waals surface area (Å²) in [5, 5.41) is 6.24. The van der Waals surface area contributed by atoms with E-state index in [1.807, 2.05) is 23.6 Å². The molecule has 0 saturated heterocycles. The Bertz CT molecular complexity index is 614. The van der Waals surface area contributed by atoms with Crippen molar-refractivity contribution in [3.05, 3.63) is 35.2 Å².